The molecule has 0 aliphatic rings. The summed E-state index contributed by atoms with van der Waals surface area (Å²) in [7, 11) is 0. The molecular weight excluding hydrogens is 290 g/mol. The van der Waals surface area contributed by atoms with Gasteiger partial charge in [0.15, 0.2) is 0 Å². The second-order valence-electron chi connectivity index (χ2n) is 4.22. The molecule has 0 spiro atoms. The van der Waals surface area contributed by atoms with Gasteiger partial charge in [-0.3, -0.25) is 0 Å². The number of hydrogen-bond donors (Lipinski definition) is 0. The summed E-state index contributed by atoms with van der Waals surface area (Å²) < 4.78 is 10.6. The summed E-state index contributed by atoms with van der Waals surface area (Å²) in [5.41, 5.74) is 1.46. The van der Waals surface area contributed by atoms with E-state index in [0.29, 0.717) is 29.0 Å². The first-order chi connectivity index (χ1) is 10.3. The van der Waals surface area contributed by atoms with Crippen LogP contribution in [0, 0.1) is 0 Å². The Morgan fingerprint density at radius 3 is 2.71 bits per heavy atom. The van der Waals surface area contributed by atoms with Crippen molar-refractivity contribution in [2.45, 2.75) is 6.92 Å². The third kappa shape index (κ3) is 2.87. The van der Waals surface area contributed by atoms with E-state index in [9.17, 15) is 0 Å². The van der Waals surface area contributed by atoms with Crippen LogP contribution in [0.5, 0.6) is 5.75 Å². The van der Waals surface area contributed by atoms with E-state index in [2.05, 4.69) is 15.1 Å². The van der Waals surface area contributed by atoms with Crippen LogP contribution in [-0.2, 0) is 0 Å². The molecule has 1 aromatic carbocycles. The maximum absolute atomic E-state index is 6.01. The zero-order chi connectivity index (χ0) is 14.7. The summed E-state index contributed by atoms with van der Waals surface area (Å²) in [6.45, 7) is 2.57. The van der Waals surface area contributed by atoms with Gasteiger partial charge >= 0.3 is 0 Å². The minimum atomic E-state index is 0.333. The van der Waals surface area contributed by atoms with Crippen LogP contribution in [-0.4, -0.2) is 21.7 Å². The average molecular weight is 302 g/mol. The second-order valence-corrected chi connectivity index (χ2v) is 4.58. The summed E-state index contributed by atoms with van der Waals surface area (Å²) in [5, 5.41) is 4.30. The van der Waals surface area contributed by atoms with Gasteiger partial charge in [-0.25, -0.2) is 4.98 Å². The molecule has 0 aliphatic carbocycles. The van der Waals surface area contributed by atoms with E-state index in [1.165, 1.54) is 0 Å². The summed E-state index contributed by atoms with van der Waals surface area (Å²) in [4.78, 5) is 8.33. The van der Waals surface area contributed by atoms with Gasteiger partial charge in [0.05, 0.1) is 12.2 Å². The molecule has 3 aromatic rings. The lowest BCUT2D eigenvalue weighted by Gasteiger charge is -2.02. The lowest BCUT2D eigenvalue weighted by atomic mass is 10.2. The van der Waals surface area contributed by atoms with Crippen molar-refractivity contribution >= 4 is 11.6 Å². The fourth-order valence-corrected chi connectivity index (χ4v) is 2.06. The number of rotatable bonds is 4. The molecule has 106 valence electrons. The van der Waals surface area contributed by atoms with Gasteiger partial charge in [0.1, 0.15) is 10.9 Å². The first-order valence-electron chi connectivity index (χ1n) is 6.45. The average Bonchev–Trinajstić information content (AvgIpc) is 2.98. The quantitative estimate of drug-likeness (QED) is 0.685. The number of pyridine rings is 1. The summed E-state index contributed by atoms with van der Waals surface area (Å²) in [6.07, 6.45) is 1.61. The fraction of sp³-hybridized carbons (Fsp3) is 0.133. The SMILES string of the molecule is CCOc1ccc(-c2noc(-c3cccnc3Cl)n2)cc1. The predicted octanol–water partition coefficient (Wildman–Crippen LogP) is 3.85. The minimum absolute atomic E-state index is 0.333. The third-order valence-corrected chi connectivity index (χ3v) is 3.14. The van der Waals surface area contributed by atoms with Crippen molar-refractivity contribution in [3.63, 3.8) is 0 Å². The molecule has 0 N–H and O–H groups in total. The van der Waals surface area contributed by atoms with Crippen LogP contribution in [0.1, 0.15) is 6.92 Å². The lowest BCUT2D eigenvalue weighted by molar-refractivity contribution is 0.340. The topological polar surface area (TPSA) is 61.0 Å². The number of ether oxygens (including phenoxy) is 1. The van der Waals surface area contributed by atoms with E-state index in [4.69, 9.17) is 20.9 Å². The maximum Gasteiger partial charge on any atom is 0.261 e. The van der Waals surface area contributed by atoms with Crippen LogP contribution in [0.3, 0.4) is 0 Å². The van der Waals surface area contributed by atoms with Crippen molar-refractivity contribution in [2.24, 2.45) is 0 Å². The van der Waals surface area contributed by atoms with Gasteiger partial charge in [0, 0.05) is 11.8 Å². The largest absolute Gasteiger partial charge is 0.494 e. The third-order valence-electron chi connectivity index (χ3n) is 2.84. The van der Waals surface area contributed by atoms with Gasteiger partial charge in [-0.2, -0.15) is 4.98 Å². The van der Waals surface area contributed by atoms with Crippen molar-refractivity contribution < 1.29 is 9.26 Å². The Bertz CT molecular complexity index is 741. The highest BCUT2D eigenvalue weighted by Crippen LogP contribution is 2.27. The Labute approximate surface area is 126 Å². The Morgan fingerprint density at radius 1 is 1.19 bits per heavy atom. The van der Waals surface area contributed by atoms with E-state index in [1.807, 2.05) is 31.2 Å². The molecule has 0 amide bonds. The second kappa shape index (κ2) is 5.93. The van der Waals surface area contributed by atoms with Crippen LogP contribution < -0.4 is 4.74 Å². The van der Waals surface area contributed by atoms with Gasteiger partial charge in [-0.1, -0.05) is 16.8 Å². The molecule has 6 heteroatoms. The molecule has 0 aliphatic heterocycles. The van der Waals surface area contributed by atoms with Crippen molar-refractivity contribution in [3.05, 3.63) is 47.7 Å². The number of aromatic nitrogens is 3. The molecule has 5 nitrogen and oxygen atoms in total. The number of halogens is 1. The van der Waals surface area contributed by atoms with Crippen LogP contribution in [0.2, 0.25) is 5.15 Å². The monoisotopic (exact) mass is 301 g/mol. The van der Waals surface area contributed by atoms with E-state index < -0.39 is 0 Å². The highest BCUT2D eigenvalue weighted by Gasteiger charge is 2.13. The molecule has 0 saturated heterocycles. The van der Waals surface area contributed by atoms with Crippen molar-refractivity contribution in [3.8, 4) is 28.6 Å². The maximum atomic E-state index is 6.01. The molecule has 3 rings (SSSR count). The highest BCUT2D eigenvalue weighted by molar-refractivity contribution is 6.31. The molecule has 0 unspecified atom stereocenters. The zero-order valence-electron chi connectivity index (χ0n) is 11.3. The Balaban J connectivity index is 1.89. The molecule has 0 fully saturated rings. The Hall–Kier alpha value is -2.40. The summed E-state index contributed by atoms with van der Waals surface area (Å²) in [6, 6.07) is 11.0. The van der Waals surface area contributed by atoms with Crippen molar-refractivity contribution in [2.75, 3.05) is 6.61 Å². The molecule has 2 heterocycles. The number of hydrogen-bond acceptors (Lipinski definition) is 5. The van der Waals surface area contributed by atoms with Crippen LogP contribution >= 0.6 is 11.6 Å². The Morgan fingerprint density at radius 2 is 2.00 bits per heavy atom. The van der Waals surface area contributed by atoms with E-state index >= 15 is 0 Å². The molecule has 21 heavy (non-hydrogen) atoms. The fourth-order valence-electron chi connectivity index (χ4n) is 1.86. The highest BCUT2D eigenvalue weighted by atomic mass is 35.5. The molecular formula is C15H12ClN3O2. The van der Waals surface area contributed by atoms with Crippen molar-refractivity contribution in [1.29, 1.82) is 0 Å². The van der Waals surface area contributed by atoms with Crippen LogP contribution in [0.4, 0.5) is 0 Å². The number of benzene rings is 1. The molecule has 2 aromatic heterocycles. The molecule has 0 radical (unpaired) electrons. The van der Waals surface area contributed by atoms with E-state index in [0.717, 1.165) is 11.3 Å². The van der Waals surface area contributed by atoms with Crippen LogP contribution in [0.25, 0.3) is 22.8 Å². The first kappa shape index (κ1) is 13.6. The normalized spacial score (nSPS) is 10.6. The Kier molecular flexibility index (Phi) is 3.83. The van der Waals surface area contributed by atoms with Crippen molar-refractivity contribution in [1.82, 2.24) is 15.1 Å². The summed E-state index contributed by atoms with van der Waals surface area (Å²) in [5.74, 6) is 1.64. The van der Waals surface area contributed by atoms with Gasteiger partial charge in [0.25, 0.3) is 5.89 Å². The standard InChI is InChI=1S/C15H12ClN3O2/c1-2-20-11-7-5-10(6-8-11)14-18-15(21-19-14)12-4-3-9-17-13(12)16/h3-9H,2H2,1H3. The smallest absolute Gasteiger partial charge is 0.261 e. The first-order valence-corrected chi connectivity index (χ1v) is 6.83. The zero-order valence-corrected chi connectivity index (χ0v) is 12.0. The lowest BCUT2D eigenvalue weighted by Crippen LogP contribution is -1.90. The minimum Gasteiger partial charge on any atom is -0.494 e. The molecule has 0 saturated carbocycles. The van der Waals surface area contributed by atoms with E-state index in [-0.39, 0.29) is 0 Å². The summed E-state index contributed by atoms with van der Waals surface area (Å²) >= 11 is 6.01. The molecule has 0 bridgehead atoms. The van der Waals surface area contributed by atoms with E-state index in [1.54, 1.807) is 18.3 Å². The predicted molar refractivity (Wildman–Crippen MR) is 79.1 cm³/mol. The van der Waals surface area contributed by atoms with Gasteiger partial charge in [-0.05, 0) is 43.3 Å². The van der Waals surface area contributed by atoms with Gasteiger partial charge < -0.3 is 9.26 Å². The van der Waals surface area contributed by atoms with Gasteiger partial charge in [0.2, 0.25) is 5.82 Å². The van der Waals surface area contributed by atoms with Crippen LogP contribution in [0.15, 0.2) is 47.1 Å². The molecule has 0 atom stereocenters. The van der Waals surface area contributed by atoms with Gasteiger partial charge in [-0.15, -0.1) is 0 Å². The number of nitrogens with zero attached hydrogens (tertiary/aromatic N) is 3.